The second kappa shape index (κ2) is 64.1. The van der Waals surface area contributed by atoms with Crippen LogP contribution < -0.4 is 0 Å². The Labute approximate surface area is 471 Å². The average molecular weight is 1060 g/mol. The maximum absolute atomic E-state index is 12.9. The van der Waals surface area contributed by atoms with Crippen molar-refractivity contribution in [3.63, 3.8) is 0 Å². The van der Waals surface area contributed by atoms with E-state index in [2.05, 4.69) is 106 Å². The summed E-state index contributed by atoms with van der Waals surface area (Å²) in [4.78, 5) is 38.4. The van der Waals surface area contributed by atoms with E-state index in [1.54, 1.807) is 0 Å². The lowest BCUT2D eigenvalue weighted by molar-refractivity contribution is -0.167. The minimum atomic E-state index is -0.786. The molecule has 0 saturated heterocycles. The van der Waals surface area contributed by atoms with Crippen molar-refractivity contribution in [1.82, 2.24) is 0 Å². The normalized spacial score (nSPS) is 12.6. The number of carbonyl (C=O) groups excluding carboxylic acids is 3. The van der Waals surface area contributed by atoms with Crippen LogP contribution in [0, 0.1) is 0 Å². The summed E-state index contributed by atoms with van der Waals surface area (Å²) >= 11 is 0. The zero-order valence-corrected chi connectivity index (χ0v) is 50.3. The largest absolute Gasteiger partial charge is 0.462 e. The molecule has 0 fully saturated rings. The predicted octanol–water partition coefficient (Wildman–Crippen LogP) is 22.3. The van der Waals surface area contributed by atoms with Crippen LogP contribution in [-0.2, 0) is 28.6 Å². The van der Waals surface area contributed by atoms with Crippen LogP contribution >= 0.6 is 0 Å². The van der Waals surface area contributed by atoms with E-state index in [0.717, 1.165) is 103 Å². The highest BCUT2D eigenvalue weighted by atomic mass is 16.6. The second-order valence-corrected chi connectivity index (χ2v) is 21.6. The fourth-order valence-corrected chi connectivity index (χ4v) is 9.23. The van der Waals surface area contributed by atoms with E-state index < -0.39 is 6.10 Å². The van der Waals surface area contributed by atoms with E-state index in [4.69, 9.17) is 14.2 Å². The molecular formula is C70H122O6. The van der Waals surface area contributed by atoms with Crippen molar-refractivity contribution in [1.29, 1.82) is 0 Å². The number of hydrogen-bond donors (Lipinski definition) is 0. The van der Waals surface area contributed by atoms with Crippen LogP contribution in [0.15, 0.2) is 85.1 Å². The fraction of sp³-hybridized carbons (Fsp3) is 0.757. The zero-order chi connectivity index (χ0) is 55.0. The summed E-state index contributed by atoms with van der Waals surface area (Å²) in [5, 5.41) is 0. The Balaban J connectivity index is 4.40. The van der Waals surface area contributed by atoms with E-state index in [0.29, 0.717) is 19.3 Å². The fourth-order valence-electron chi connectivity index (χ4n) is 9.23. The number of rotatable bonds is 59. The first-order valence-electron chi connectivity index (χ1n) is 32.6. The van der Waals surface area contributed by atoms with Gasteiger partial charge in [0.15, 0.2) is 6.10 Å². The number of unbranched alkanes of at least 4 members (excludes halogenated alkanes) is 34. The Morgan fingerprint density at radius 1 is 0.276 bits per heavy atom. The van der Waals surface area contributed by atoms with Gasteiger partial charge in [-0.15, -0.1) is 0 Å². The van der Waals surface area contributed by atoms with Crippen LogP contribution in [-0.4, -0.2) is 37.2 Å². The molecule has 0 N–H and O–H groups in total. The topological polar surface area (TPSA) is 78.9 Å². The molecule has 0 saturated carbocycles. The third-order valence-corrected chi connectivity index (χ3v) is 14.1. The summed E-state index contributed by atoms with van der Waals surface area (Å²) in [6.07, 6.45) is 84.4. The maximum Gasteiger partial charge on any atom is 0.306 e. The lowest BCUT2D eigenvalue weighted by Gasteiger charge is -2.18. The molecule has 0 aliphatic heterocycles. The van der Waals surface area contributed by atoms with Crippen molar-refractivity contribution in [2.75, 3.05) is 13.2 Å². The number of esters is 3. The molecule has 76 heavy (non-hydrogen) atoms. The van der Waals surface area contributed by atoms with Crippen molar-refractivity contribution in [3.05, 3.63) is 85.1 Å². The molecule has 438 valence electrons. The summed E-state index contributed by atoms with van der Waals surface area (Å²) < 4.78 is 17.0. The number of carbonyl (C=O) groups is 3. The second-order valence-electron chi connectivity index (χ2n) is 21.6. The monoisotopic (exact) mass is 1060 g/mol. The minimum absolute atomic E-state index is 0.0828. The van der Waals surface area contributed by atoms with Crippen molar-refractivity contribution in [3.8, 4) is 0 Å². The van der Waals surface area contributed by atoms with Gasteiger partial charge >= 0.3 is 17.9 Å². The zero-order valence-electron chi connectivity index (χ0n) is 50.3. The van der Waals surface area contributed by atoms with Crippen molar-refractivity contribution < 1.29 is 28.6 Å². The van der Waals surface area contributed by atoms with Crippen molar-refractivity contribution in [2.45, 2.75) is 329 Å². The molecule has 0 spiro atoms. The Hall–Kier alpha value is -3.41. The first-order chi connectivity index (χ1) is 37.5. The highest BCUT2D eigenvalue weighted by Crippen LogP contribution is 2.16. The Kier molecular flexibility index (Phi) is 61.2. The SMILES string of the molecule is CC/C=C\C/C=C\C/C=C\C/C=C\CCCCCCCCCCC(=O)OCC(COC(=O)CCCCCCCCC/C=C\C/C=C\CCCCCC)OC(=O)CCCCCCCCCCC/C=C\CCCCCCCC. The van der Waals surface area contributed by atoms with E-state index in [1.165, 1.54) is 180 Å². The summed E-state index contributed by atoms with van der Waals surface area (Å²) in [5.41, 5.74) is 0. The molecule has 0 amide bonds. The van der Waals surface area contributed by atoms with Gasteiger partial charge in [-0.25, -0.2) is 0 Å². The van der Waals surface area contributed by atoms with E-state index >= 15 is 0 Å². The molecule has 0 aromatic heterocycles. The van der Waals surface area contributed by atoms with Crippen LogP contribution in [0.5, 0.6) is 0 Å². The van der Waals surface area contributed by atoms with Gasteiger partial charge in [0.05, 0.1) is 0 Å². The number of ether oxygens (including phenoxy) is 3. The molecule has 6 nitrogen and oxygen atoms in total. The molecular weight excluding hydrogens is 937 g/mol. The quantitative estimate of drug-likeness (QED) is 0.0261. The summed E-state index contributed by atoms with van der Waals surface area (Å²) in [6, 6.07) is 0. The van der Waals surface area contributed by atoms with Crippen molar-refractivity contribution in [2.24, 2.45) is 0 Å². The first-order valence-corrected chi connectivity index (χ1v) is 32.6. The molecule has 0 aromatic rings. The summed E-state index contributed by atoms with van der Waals surface area (Å²) in [5.74, 6) is -0.886. The van der Waals surface area contributed by atoms with Crippen LogP contribution in [0.3, 0.4) is 0 Å². The van der Waals surface area contributed by atoms with Crippen LogP contribution in [0.4, 0.5) is 0 Å². The highest BCUT2D eigenvalue weighted by molar-refractivity contribution is 5.71. The van der Waals surface area contributed by atoms with Crippen LogP contribution in [0.2, 0.25) is 0 Å². The van der Waals surface area contributed by atoms with Crippen LogP contribution in [0.25, 0.3) is 0 Å². The third kappa shape index (κ3) is 61.4. The van der Waals surface area contributed by atoms with Gasteiger partial charge in [0.25, 0.3) is 0 Å². The van der Waals surface area contributed by atoms with E-state index in [-0.39, 0.29) is 31.1 Å². The maximum atomic E-state index is 12.9. The Morgan fingerprint density at radius 3 is 0.829 bits per heavy atom. The molecule has 0 aliphatic rings. The van der Waals surface area contributed by atoms with E-state index in [9.17, 15) is 14.4 Å². The molecule has 0 aromatic carbocycles. The summed E-state index contributed by atoms with van der Waals surface area (Å²) in [7, 11) is 0. The lowest BCUT2D eigenvalue weighted by atomic mass is 10.1. The van der Waals surface area contributed by atoms with Gasteiger partial charge in [0, 0.05) is 19.3 Å². The van der Waals surface area contributed by atoms with Crippen LogP contribution in [0.1, 0.15) is 323 Å². The molecule has 0 radical (unpaired) electrons. The van der Waals surface area contributed by atoms with Crippen molar-refractivity contribution >= 4 is 17.9 Å². The molecule has 0 heterocycles. The van der Waals surface area contributed by atoms with Gasteiger partial charge in [-0.3, -0.25) is 14.4 Å². The minimum Gasteiger partial charge on any atom is -0.462 e. The molecule has 0 rings (SSSR count). The van der Waals surface area contributed by atoms with Gasteiger partial charge in [0.2, 0.25) is 0 Å². The smallest absolute Gasteiger partial charge is 0.306 e. The predicted molar refractivity (Wildman–Crippen MR) is 330 cm³/mol. The van der Waals surface area contributed by atoms with Gasteiger partial charge in [-0.1, -0.05) is 273 Å². The lowest BCUT2D eigenvalue weighted by Crippen LogP contribution is -2.30. The first kappa shape index (κ1) is 72.6. The Bertz CT molecular complexity index is 1450. The molecule has 0 bridgehead atoms. The highest BCUT2D eigenvalue weighted by Gasteiger charge is 2.19. The van der Waals surface area contributed by atoms with Gasteiger partial charge in [-0.05, 0) is 116 Å². The average Bonchev–Trinajstić information content (AvgIpc) is 3.42. The van der Waals surface area contributed by atoms with Gasteiger partial charge < -0.3 is 14.2 Å². The van der Waals surface area contributed by atoms with E-state index in [1.807, 2.05) is 0 Å². The molecule has 6 heteroatoms. The number of hydrogen-bond acceptors (Lipinski definition) is 6. The molecule has 1 atom stereocenters. The molecule has 0 aliphatic carbocycles. The third-order valence-electron chi connectivity index (χ3n) is 14.1. The standard InChI is InChI=1S/C70H122O6/c1-4-7-10-13-16-19-22-25-28-31-34-35-37-39-42-45-48-51-54-57-60-63-69(72)75-66-67(65-74-68(71)62-59-56-53-50-47-44-41-38-33-30-27-24-21-18-15-12-9-6-3)76-70(73)64-61-58-55-52-49-46-43-40-36-32-29-26-23-20-17-14-11-8-5-2/h7,10,16,19,21,24-26,28-30,33-35,67H,4-6,8-9,11-15,17-18,20,22-23,27,31-32,36-66H2,1-3H3/b10-7-,19-16-,24-21-,28-25-,29-26-,33-30-,35-34-. The summed E-state index contributed by atoms with van der Waals surface area (Å²) in [6.45, 7) is 6.53. The Morgan fingerprint density at radius 2 is 0.513 bits per heavy atom. The number of allylic oxidation sites excluding steroid dienone is 14. The van der Waals surface area contributed by atoms with Gasteiger partial charge in [-0.2, -0.15) is 0 Å². The van der Waals surface area contributed by atoms with Gasteiger partial charge in [0.1, 0.15) is 13.2 Å². The molecule has 1 unspecified atom stereocenters.